The summed E-state index contributed by atoms with van der Waals surface area (Å²) in [5.41, 5.74) is 2.62. The number of anilines is 1. The van der Waals surface area contributed by atoms with Crippen molar-refractivity contribution < 1.29 is 4.74 Å². The Labute approximate surface area is 178 Å². The Hall–Kier alpha value is -3.09. The van der Waals surface area contributed by atoms with E-state index in [0.29, 0.717) is 28.2 Å². The molecule has 0 aliphatic heterocycles. The molecular formula is C21H17Cl2N5O. The smallest absolute Gasteiger partial charge is 0.248 e. The predicted octanol–water partition coefficient (Wildman–Crippen LogP) is 5.68. The molecule has 0 fully saturated rings. The van der Waals surface area contributed by atoms with Crippen molar-refractivity contribution in [1.29, 1.82) is 0 Å². The van der Waals surface area contributed by atoms with Gasteiger partial charge in [-0.3, -0.25) is 0 Å². The molecule has 0 saturated carbocycles. The molecule has 1 aromatic heterocycles. The second kappa shape index (κ2) is 8.51. The normalized spacial score (nSPS) is 10.7. The monoisotopic (exact) mass is 425 g/mol. The van der Waals surface area contributed by atoms with E-state index in [9.17, 15) is 0 Å². The molecule has 0 aliphatic carbocycles. The van der Waals surface area contributed by atoms with Gasteiger partial charge in [-0.05, 0) is 47.2 Å². The van der Waals surface area contributed by atoms with Crippen LogP contribution in [-0.2, 0) is 6.54 Å². The van der Waals surface area contributed by atoms with Gasteiger partial charge in [-0.1, -0.05) is 70.8 Å². The summed E-state index contributed by atoms with van der Waals surface area (Å²) in [6.45, 7) is 2.47. The molecule has 4 rings (SSSR count). The second-order valence-corrected chi connectivity index (χ2v) is 7.10. The zero-order chi connectivity index (χ0) is 20.2. The lowest BCUT2D eigenvalue weighted by atomic mass is 10.2. The van der Waals surface area contributed by atoms with Crippen molar-refractivity contribution >= 4 is 29.2 Å². The fourth-order valence-corrected chi connectivity index (χ4v) is 3.20. The van der Waals surface area contributed by atoms with Crippen LogP contribution in [0.5, 0.6) is 11.5 Å². The Morgan fingerprint density at radius 1 is 0.931 bits per heavy atom. The van der Waals surface area contributed by atoms with Crippen LogP contribution in [0.3, 0.4) is 0 Å². The van der Waals surface area contributed by atoms with E-state index < -0.39 is 0 Å². The highest BCUT2D eigenvalue weighted by atomic mass is 35.5. The lowest BCUT2D eigenvalue weighted by Crippen LogP contribution is -2.08. The minimum Gasteiger partial charge on any atom is -0.457 e. The molecule has 4 aromatic rings. The quantitative estimate of drug-likeness (QED) is 0.430. The number of halogens is 2. The first-order valence-corrected chi connectivity index (χ1v) is 9.67. The van der Waals surface area contributed by atoms with Crippen LogP contribution in [-0.4, -0.2) is 20.2 Å². The Balaban J connectivity index is 1.56. The first-order chi connectivity index (χ1) is 14.1. The van der Waals surface area contributed by atoms with Crippen molar-refractivity contribution in [3.05, 3.63) is 87.9 Å². The number of aryl methyl sites for hydroxylation is 1. The Morgan fingerprint density at radius 2 is 1.69 bits per heavy atom. The van der Waals surface area contributed by atoms with Crippen molar-refractivity contribution in [2.75, 3.05) is 5.32 Å². The Kier molecular flexibility index (Phi) is 5.64. The highest BCUT2D eigenvalue weighted by molar-refractivity contribution is 6.43. The molecule has 0 aliphatic rings. The number of nitrogens with one attached hydrogen (secondary N) is 1. The van der Waals surface area contributed by atoms with Gasteiger partial charge in [0, 0.05) is 12.1 Å². The molecule has 1 heterocycles. The van der Waals surface area contributed by atoms with E-state index >= 15 is 0 Å². The lowest BCUT2D eigenvalue weighted by Gasteiger charge is -2.14. The molecule has 8 heteroatoms. The van der Waals surface area contributed by atoms with Crippen LogP contribution >= 0.6 is 23.2 Å². The molecule has 0 radical (unpaired) electrons. The van der Waals surface area contributed by atoms with Gasteiger partial charge in [0.2, 0.25) is 5.95 Å². The average Bonchev–Trinajstić information content (AvgIpc) is 3.19. The largest absolute Gasteiger partial charge is 0.457 e. The fraction of sp³-hybridized carbons (Fsp3) is 0.0952. The third-order valence-electron chi connectivity index (χ3n) is 4.35. The van der Waals surface area contributed by atoms with Crippen molar-refractivity contribution in [3.8, 4) is 17.2 Å². The number of aromatic nitrogens is 4. The number of para-hydroxylation sites is 2. The number of tetrazole rings is 1. The summed E-state index contributed by atoms with van der Waals surface area (Å²) in [6, 6.07) is 21.0. The van der Waals surface area contributed by atoms with E-state index in [1.54, 1.807) is 18.2 Å². The minimum absolute atomic E-state index is 0.382. The number of benzene rings is 3. The van der Waals surface area contributed by atoms with Crippen LogP contribution in [0.1, 0.15) is 11.1 Å². The maximum atomic E-state index is 6.31. The van der Waals surface area contributed by atoms with E-state index in [2.05, 4.69) is 20.8 Å². The number of hydrogen-bond donors (Lipinski definition) is 1. The van der Waals surface area contributed by atoms with Crippen LogP contribution in [0, 0.1) is 6.92 Å². The molecule has 0 bridgehead atoms. The first kappa shape index (κ1) is 19.2. The van der Waals surface area contributed by atoms with E-state index in [4.69, 9.17) is 27.9 Å². The van der Waals surface area contributed by atoms with Crippen LogP contribution in [0.2, 0.25) is 10.0 Å². The van der Waals surface area contributed by atoms with Gasteiger partial charge in [-0.25, -0.2) is 0 Å². The Morgan fingerprint density at radius 3 is 2.52 bits per heavy atom. The van der Waals surface area contributed by atoms with E-state index in [-0.39, 0.29) is 0 Å². The number of rotatable bonds is 6. The van der Waals surface area contributed by atoms with Gasteiger partial charge in [0.1, 0.15) is 11.5 Å². The van der Waals surface area contributed by atoms with Gasteiger partial charge in [0.05, 0.1) is 15.7 Å². The summed E-state index contributed by atoms with van der Waals surface area (Å²) < 4.78 is 7.64. The predicted molar refractivity (Wildman–Crippen MR) is 114 cm³/mol. The van der Waals surface area contributed by atoms with Gasteiger partial charge >= 0.3 is 0 Å². The number of hydrogen-bond acceptors (Lipinski definition) is 5. The lowest BCUT2D eigenvalue weighted by molar-refractivity contribution is 0.473. The van der Waals surface area contributed by atoms with Crippen LogP contribution < -0.4 is 10.1 Å². The first-order valence-electron chi connectivity index (χ1n) is 8.91. The SMILES string of the molecule is Cc1ccccc1Oc1ccccc1CNc1nnnn1-c1cccc(Cl)c1Cl. The van der Waals surface area contributed by atoms with Gasteiger partial charge in [-0.2, -0.15) is 4.68 Å². The highest BCUT2D eigenvalue weighted by Gasteiger charge is 2.14. The molecule has 0 saturated heterocycles. The van der Waals surface area contributed by atoms with E-state index in [1.165, 1.54) is 4.68 Å². The van der Waals surface area contributed by atoms with Crippen LogP contribution in [0.15, 0.2) is 66.7 Å². The van der Waals surface area contributed by atoms with Crippen LogP contribution in [0.4, 0.5) is 5.95 Å². The molecule has 29 heavy (non-hydrogen) atoms. The van der Waals surface area contributed by atoms with Gasteiger partial charge in [0.25, 0.3) is 0 Å². The zero-order valence-electron chi connectivity index (χ0n) is 15.5. The Bertz CT molecular complexity index is 1150. The van der Waals surface area contributed by atoms with Crippen molar-refractivity contribution in [2.45, 2.75) is 13.5 Å². The van der Waals surface area contributed by atoms with Crippen LogP contribution in [0.25, 0.3) is 5.69 Å². The molecule has 3 aromatic carbocycles. The van der Waals surface area contributed by atoms with Crippen molar-refractivity contribution in [1.82, 2.24) is 20.2 Å². The summed E-state index contributed by atoms with van der Waals surface area (Å²) in [6.07, 6.45) is 0. The van der Waals surface area contributed by atoms with Gasteiger partial charge < -0.3 is 10.1 Å². The van der Waals surface area contributed by atoms with E-state index in [1.807, 2.05) is 55.5 Å². The molecule has 6 nitrogen and oxygen atoms in total. The summed E-state index contributed by atoms with van der Waals surface area (Å²) in [4.78, 5) is 0. The topological polar surface area (TPSA) is 64.9 Å². The maximum Gasteiger partial charge on any atom is 0.248 e. The van der Waals surface area contributed by atoms with Crippen molar-refractivity contribution in [2.24, 2.45) is 0 Å². The molecule has 1 N–H and O–H groups in total. The van der Waals surface area contributed by atoms with Gasteiger partial charge in [-0.15, -0.1) is 0 Å². The summed E-state index contributed by atoms with van der Waals surface area (Å²) in [7, 11) is 0. The zero-order valence-corrected chi connectivity index (χ0v) is 17.0. The average molecular weight is 426 g/mol. The number of ether oxygens (including phenoxy) is 1. The summed E-state index contributed by atoms with van der Waals surface area (Å²) >= 11 is 12.4. The molecule has 0 amide bonds. The highest BCUT2D eigenvalue weighted by Crippen LogP contribution is 2.30. The minimum atomic E-state index is 0.382. The second-order valence-electron chi connectivity index (χ2n) is 6.32. The van der Waals surface area contributed by atoms with E-state index in [0.717, 1.165) is 22.6 Å². The van der Waals surface area contributed by atoms with Crippen molar-refractivity contribution in [3.63, 3.8) is 0 Å². The standard InChI is InChI=1S/C21H17Cl2N5O/c1-14-7-2-4-11-18(14)29-19-12-5-3-8-15(19)13-24-21-25-26-27-28(21)17-10-6-9-16(22)20(17)23/h2-12H,13H2,1H3,(H,24,25,27). The summed E-state index contributed by atoms with van der Waals surface area (Å²) in [5, 5.41) is 15.9. The molecule has 146 valence electrons. The van der Waals surface area contributed by atoms with Gasteiger partial charge in [0.15, 0.2) is 0 Å². The molecule has 0 spiro atoms. The third-order valence-corrected chi connectivity index (χ3v) is 5.16. The fourth-order valence-electron chi connectivity index (χ4n) is 2.83. The molecular weight excluding hydrogens is 409 g/mol. The molecule has 0 unspecified atom stereocenters. The summed E-state index contributed by atoms with van der Waals surface area (Å²) in [5.74, 6) is 2.02. The maximum absolute atomic E-state index is 6.31. The molecule has 0 atom stereocenters. The number of nitrogens with zero attached hydrogens (tertiary/aromatic N) is 4. The third kappa shape index (κ3) is 4.18.